The van der Waals surface area contributed by atoms with Crippen molar-refractivity contribution in [2.24, 2.45) is 0 Å². The summed E-state index contributed by atoms with van der Waals surface area (Å²) in [6.07, 6.45) is 5.02. The first kappa shape index (κ1) is 21.5. The highest BCUT2D eigenvalue weighted by molar-refractivity contribution is 7.90. The van der Waals surface area contributed by atoms with Gasteiger partial charge in [-0.25, -0.2) is 9.78 Å². The average Bonchev–Trinajstić information content (AvgIpc) is 3.43. The Morgan fingerprint density at radius 1 is 1.28 bits per heavy atom. The molecule has 0 N–H and O–H groups in total. The molecule has 2 aliphatic rings. The summed E-state index contributed by atoms with van der Waals surface area (Å²) in [5, 5.41) is 2.71. The third-order valence-electron chi connectivity index (χ3n) is 5.80. The number of hydrogen-bond acceptors (Lipinski definition) is 8. The number of benzene rings is 1. The summed E-state index contributed by atoms with van der Waals surface area (Å²) in [6, 6.07) is 4.35. The molecule has 2 aromatic heterocycles. The molecule has 10 heteroatoms. The second-order valence-corrected chi connectivity index (χ2v) is 11.6. The van der Waals surface area contributed by atoms with Crippen LogP contribution in [0.15, 0.2) is 33.0 Å². The SMILES string of the molecule is C[S+]([O-])c1cc(-c2nccs2)c2oc(N3CC4CCC(C3)N4C(=O)OC(C)(C)C)nc2c1. The molecule has 3 atom stereocenters. The summed E-state index contributed by atoms with van der Waals surface area (Å²) in [5.74, 6) is 0. The van der Waals surface area contributed by atoms with Gasteiger partial charge in [-0.15, -0.1) is 11.3 Å². The fourth-order valence-electron chi connectivity index (χ4n) is 4.48. The fourth-order valence-corrected chi connectivity index (χ4v) is 5.70. The Labute approximate surface area is 193 Å². The molecule has 0 spiro atoms. The van der Waals surface area contributed by atoms with Crippen LogP contribution in [0.5, 0.6) is 0 Å². The zero-order valence-electron chi connectivity index (χ0n) is 18.5. The number of anilines is 1. The van der Waals surface area contributed by atoms with Crippen molar-refractivity contribution in [3.8, 4) is 10.6 Å². The largest absolute Gasteiger partial charge is 0.612 e. The van der Waals surface area contributed by atoms with Gasteiger partial charge < -0.3 is 18.6 Å². The number of aromatic nitrogens is 2. The van der Waals surface area contributed by atoms with Gasteiger partial charge in [-0.1, -0.05) is 0 Å². The Kier molecular flexibility index (Phi) is 5.34. The number of fused-ring (bicyclic) bond motifs is 3. The molecular formula is C22H26N4O4S2. The standard InChI is InChI=1S/C22H26N4O4S2/c1-22(2,3)30-21(27)26-13-5-6-14(26)12-25(11-13)20-24-17-10-15(32(4)28)9-16(18(17)29-20)19-23-7-8-31-19/h7-10,13-14H,5-6,11-12H2,1-4H3. The van der Waals surface area contributed by atoms with Gasteiger partial charge in [0, 0.05) is 36.8 Å². The molecule has 2 saturated heterocycles. The van der Waals surface area contributed by atoms with E-state index < -0.39 is 16.8 Å². The topological polar surface area (TPSA) is 94.8 Å². The van der Waals surface area contributed by atoms with Crippen LogP contribution in [0.25, 0.3) is 21.7 Å². The van der Waals surface area contributed by atoms with Crippen LogP contribution in [0, 0.1) is 0 Å². The Morgan fingerprint density at radius 2 is 2.00 bits per heavy atom. The van der Waals surface area contributed by atoms with Gasteiger partial charge in [0.25, 0.3) is 6.01 Å². The molecule has 2 bridgehead atoms. The molecule has 2 aliphatic heterocycles. The molecule has 0 saturated carbocycles. The van der Waals surface area contributed by atoms with E-state index in [9.17, 15) is 9.35 Å². The summed E-state index contributed by atoms with van der Waals surface area (Å²) >= 11 is 0.356. The number of oxazole rings is 1. The second-order valence-electron chi connectivity index (χ2n) is 9.28. The molecule has 3 aromatic rings. The average molecular weight is 475 g/mol. The van der Waals surface area contributed by atoms with Crippen molar-refractivity contribution in [2.75, 3.05) is 24.2 Å². The summed E-state index contributed by atoms with van der Waals surface area (Å²) in [4.78, 5) is 26.6. The van der Waals surface area contributed by atoms with E-state index in [0.29, 0.717) is 35.1 Å². The quantitative estimate of drug-likeness (QED) is 0.523. The molecule has 1 amide bonds. The van der Waals surface area contributed by atoms with E-state index in [4.69, 9.17) is 14.1 Å². The van der Waals surface area contributed by atoms with Gasteiger partial charge >= 0.3 is 6.09 Å². The van der Waals surface area contributed by atoms with Crippen LogP contribution in [0.2, 0.25) is 0 Å². The van der Waals surface area contributed by atoms with E-state index in [0.717, 1.165) is 23.4 Å². The van der Waals surface area contributed by atoms with Crippen molar-refractivity contribution in [3.63, 3.8) is 0 Å². The highest BCUT2D eigenvalue weighted by Crippen LogP contribution is 2.38. The molecule has 5 rings (SSSR count). The Hall–Kier alpha value is -2.30. The van der Waals surface area contributed by atoms with Crippen LogP contribution < -0.4 is 4.90 Å². The summed E-state index contributed by atoms with van der Waals surface area (Å²) < 4.78 is 24.1. The van der Waals surface area contributed by atoms with Gasteiger partial charge in [0.1, 0.15) is 22.4 Å². The first-order chi connectivity index (χ1) is 15.2. The van der Waals surface area contributed by atoms with Crippen molar-refractivity contribution in [1.29, 1.82) is 0 Å². The number of piperazine rings is 1. The van der Waals surface area contributed by atoms with Gasteiger partial charge in [0.2, 0.25) is 0 Å². The lowest BCUT2D eigenvalue weighted by atomic mass is 10.2. The normalized spacial score (nSPS) is 21.9. The Morgan fingerprint density at radius 3 is 2.59 bits per heavy atom. The zero-order chi connectivity index (χ0) is 22.6. The minimum absolute atomic E-state index is 0.0655. The third-order valence-corrected chi connectivity index (χ3v) is 7.51. The number of amides is 1. The highest BCUT2D eigenvalue weighted by atomic mass is 32.2. The Bertz CT molecular complexity index is 1120. The lowest BCUT2D eigenvalue weighted by molar-refractivity contribution is 0.0120. The number of hydrogen-bond donors (Lipinski definition) is 0. The molecule has 2 fully saturated rings. The van der Waals surface area contributed by atoms with Crippen molar-refractivity contribution < 1.29 is 18.5 Å². The molecular weight excluding hydrogens is 448 g/mol. The van der Waals surface area contributed by atoms with Crippen LogP contribution in [0.4, 0.5) is 10.8 Å². The number of carbonyl (C=O) groups excluding carboxylic acids is 1. The molecule has 3 unspecified atom stereocenters. The van der Waals surface area contributed by atoms with Crippen molar-refractivity contribution in [3.05, 3.63) is 23.7 Å². The molecule has 0 aliphatic carbocycles. The minimum atomic E-state index is -1.15. The second kappa shape index (κ2) is 7.93. The number of nitrogens with zero attached hydrogens (tertiary/aromatic N) is 4. The zero-order valence-corrected chi connectivity index (χ0v) is 20.2. The number of rotatable bonds is 3. The van der Waals surface area contributed by atoms with E-state index in [1.807, 2.05) is 43.2 Å². The first-order valence-electron chi connectivity index (χ1n) is 10.6. The Balaban J connectivity index is 1.45. The fraction of sp³-hybridized carbons (Fsp3) is 0.500. The van der Waals surface area contributed by atoms with Crippen LogP contribution >= 0.6 is 11.3 Å². The molecule has 4 heterocycles. The monoisotopic (exact) mass is 474 g/mol. The lowest BCUT2D eigenvalue weighted by Gasteiger charge is -2.40. The molecule has 0 radical (unpaired) electrons. The van der Waals surface area contributed by atoms with Gasteiger partial charge in [-0.05, 0) is 44.8 Å². The van der Waals surface area contributed by atoms with Gasteiger partial charge in [0.15, 0.2) is 10.5 Å². The maximum absolute atomic E-state index is 12.7. The highest BCUT2D eigenvalue weighted by Gasteiger charge is 2.45. The molecule has 32 heavy (non-hydrogen) atoms. The van der Waals surface area contributed by atoms with Gasteiger partial charge in [-0.3, -0.25) is 4.90 Å². The number of thiazole rings is 1. The maximum Gasteiger partial charge on any atom is 0.410 e. The molecule has 1 aromatic carbocycles. The molecule has 170 valence electrons. The van der Waals surface area contributed by atoms with E-state index >= 15 is 0 Å². The summed E-state index contributed by atoms with van der Waals surface area (Å²) in [7, 11) is 0. The van der Waals surface area contributed by atoms with Crippen LogP contribution in [-0.4, -0.2) is 62.5 Å². The minimum Gasteiger partial charge on any atom is -0.612 e. The molecule has 8 nitrogen and oxygen atoms in total. The van der Waals surface area contributed by atoms with E-state index in [2.05, 4.69) is 9.88 Å². The van der Waals surface area contributed by atoms with Gasteiger partial charge in [-0.2, -0.15) is 4.98 Å². The van der Waals surface area contributed by atoms with Crippen LogP contribution in [-0.2, 0) is 15.9 Å². The predicted molar refractivity (Wildman–Crippen MR) is 125 cm³/mol. The smallest absolute Gasteiger partial charge is 0.410 e. The van der Waals surface area contributed by atoms with E-state index in [1.54, 1.807) is 12.5 Å². The van der Waals surface area contributed by atoms with Crippen LogP contribution in [0.1, 0.15) is 33.6 Å². The van der Waals surface area contributed by atoms with Crippen molar-refractivity contribution in [1.82, 2.24) is 14.9 Å². The number of carbonyl (C=O) groups is 1. The van der Waals surface area contributed by atoms with Crippen molar-refractivity contribution in [2.45, 2.75) is 56.2 Å². The van der Waals surface area contributed by atoms with Gasteiger partial charge in [0.05, 0.1) is 17.6 Å². The number of ether oxygens (including phenoxy) is 1. The summed E-state index contributed by atoms with van der Waals surface area (Å²) in [5.41, 5.74) is 1.60. The van der Waals surface area contributed by atoms with E-state index in [-0.39, 0.29) is 18.2 Å². The van der Waals surface area contributed by atoms with E-state index in [1.165, 1.54) is 11.3 Å². The summed E-state index contributed by atoms with van der Waals surface area (Å²) in [6.45, 7) is 6.94. The maximum atomic E-state index is 12.7. The predicted octanol–water partition coefficient (Wildman–Crippen LogP) is 4.28. The first-order valence-corrected chi connectivity index (χ1v) is 13.1. The van der Waals surface area contributed by atoms with Crippen molar-refractivity contribution >= 4 is 45.7 Å². The lowest BCUT2D eigenvalue weighted by Crippen LogP contribution is -2.56. The van der Waals surface area contributed by atoms with Crippen LogP contribution in [0.3, 0.4) is 0 Å². The third kappa shape index (κ3) is 3.95.